The fourth-order valence-corrected chi connectivity index (χ4v) is 1.92. The maximum Gasteiger partial charge on any atom is 0.165 e. The fourth-order valence-electron chi connectivity index (χ4n) is 1.92. The Balaban J connectivity index is 2.73. The lowest BCUT2D eigenvalue weighted by molar-refractivity contribution is 0.432. The summed E-state index contributed by atoms with van der Waals surface area (Å²) in [4.78, 5) is 8.23. The monoisotopic (exact) mass is 232 g/mol. The van der Waals surface area contributed by atoms with E-state index in [1.165, 1.54) is 18.5 Å². The second kappa shape index (κ2) is 4.13. The Kier molecular flexibility index (Phi) is 2.79. The molecule has 88 valence electrons. The van der Waals surface area contributed by atoms with Crippen molar-refractivity contribution in [3.63, 3.8) is 0 Å². The summed E-state index contributed by atoms with van der Waals surface area (Å²) in [6.07, 6.45) is 1.49. The standard InChI is InChI=1S/C13H13FN2O/c1-7-4-12(17)11(14)5-10(7)13-8(2)15-6-16-9(13)3/h4-6,17H,1-3H3. The zero-order chi connectivity index (χ0) is 12.6. The molecule has 17 heavy (non-hydrogen) atoms. The quantitative estimate of drug-likeness (QED) is 0.822. The Hall–Kier alpha value is -1.97. The molecule has 0 aliphatic carbocycles. The molecule has 0 unspecified atom stereocenters. The number of hydrogen-bond acceptors (Lipinski definition) is 3. The van der Waals surface area contributed by atoms with Crippen molar-refractivity contribution in [2.75, 3.05) is 0 Å². The van der Waals surface area contributed by atoms with E-state index in [0.717, 1.165) is 28.1 Å². The van der Waals surface area contributed by atoms with E-state index in [1.807, 2.05) is 20.8 Å². The van der Waals surface area contributed by atoms with Crippen molar-refractivity contribution in [1.82, 2.24) is 9.97 Å². The van der Waals surface area contributed by atoms with Crippen LogP contribution < -0.4 is 0 Å². The number of aromatic hydroxyl groups is 1. The summed E-state index contributed by atoms with van der Waals surface area (Å²) in [7, 11) is 0. The van der Waals surface area contributed by atoms with Gasteiger partial charge in [-0.2, -0.15) is 0 Å². The average molecular weight is 232 g/mol. The summed E-state index contributed by atoms with van der Waals surface area (Å²) >= 11 is 0. The normalized spacial score (nSPS) is 10.6. The summed E-state index contributed by atoms with van der Waals surface area (Å²) in [5.74, 6) is -0.966. The van der Waals surface area contributed by atoms with Gasteiger partial charge in [-0.1, -0.05) is 0 Å². The largest absolute Gasteiger partial charge is 0.505 e. The molecule has 3 nitrogen and oxygen atoms in total. The number of aromatic nitrogens is 2. The molecule has 0 amide bonds. The molecule has 0 bridgehead atoms. The van der Waals surface area contributed by atoms with Crippen molar-refractivity contribution in [2.45, 2.75) is 20.8 Å². The second-order valence-electron chi connectivity index (χ2n) is 4.04. The van der Waals surface area contributed by atoms with E-state index in [9.17, 15) is 9.50 Å². The Morgan fingerprint density at radius 2 is 1.65 bits per heavy atom. The van der Waals surface area contributed by atoms with E-state index in [1.54, 1.807) is 0 Å². The maximum atomic E-state index is 13.4. The van der Waals surface area contributed by atoms with Gasteiger partial charge in [0.1, 0.15) is 6.33 Å². The van der Waals surface area contributed by atoms with Gasteiger partial charge in [-0.25, -0.2) is 14.4 Å². The van der Waals surface area contributed by atoms with Gasteiger partial charge in [0.05, 0.1) is 0 Å². The molecule has 0 saturated heterocycles. The third-order valence-corrected chi connectivity index (χ3v) is 2.79. The molecule has 2 rings (SSSR count). The summed E-state index contributed by atoms with van der Waals surface area (Å²) in [6.45, 7) is 5.53. The minimum Gasteiger partial charge on any atom is -0.505 e. The molecule has 0 radical (unpaired) electrons. The van der Waals surface area contributed by atoms with Gasteiger partial charge in [0, 0.05) is 17.0 Å². The zero-order valence-corrected chi connectivity index (χ0v) is 9.95. The van der Waals surface area contributed by atoms with Crippen LogP contribution in [0.5, 0.6) is 5.75 Å². The van der Waals surface area contributed by atoms with Gasteiger partial charge in [-0.3, -0.25) is 0 Å². The summed E-state index contributed by atoms with van der Waals surface area (Å²) < 4.78 is 13.4. The summed E-state index contributed by atoms with van der Waals surface area (Å²) in [6, 6.07) is 2.74. The molecule has 0 fully saturated rings. The number of rotatable bonds is 1. The molecule has 2 aromatic rings. The lowest BCUT2D eigenvalue weighted by Crippen LogP contribution is -1.97. The van der Waals surface area contributed by atoms with Crippen LogP contribution in [0.3, 0.4) is 0 Å². The second-order valence-corrected chi connectivity index (χ2v) is 4.04. The average Bonchev–Trinajstić information content (AvgIpc) is 2.25. The van der Waals surface area contributed by atoms with Crippen LogP contribution in [0.4, 0.5) is 4.39 Å². The number of phenolic OH excluding ortho intramolecular Hbond substituents is 1. The predicted octanol–water partition coefficient (Wildman–Crippen LogP) is 2.91. The highest BCUT2D eigenvalue weighted by Gasteiger charge is 2.13. The van der Waals surface area contributed by atoms with Crippen LogP contribution in [-0.2, 0) is 0 Å². The molecule has 0 aliphatic heterocycles. The highest BCUT2D eigenvalue weighted by atomic mass is 19.1. The Bertz CT molecular complexity index is 562. The number of phenols is 1. The molecular weight excluding hydrogens is 219 g/mol. The number of aryl methyl sites for hydroxylation is 3. The minimum atomic E-state index is -0.631. The summed E-state index contributed by atoms with van der Waals surface area (Å²) in [5, 5.41) is 9.30. The topological polar surface area (TPSA) is 46.0 Å². The van der Waals surface area contributed by atoms with Gasteiger partial charge >= 0.3 is 0 Å². The Morgan fingerprint density at radius 3 is 2.24 bits per heavy atom. The Morgan fingerprint density at radius 1 is 1.06 bits per heavy atom. The van der Waals surface area contributed by atoms with Crippen molar-refractivity contribution in [3.05, 3.63) is 41.2 Å². The van der Waals surface area contributed by atoms with Crippen molar-refractivity contribution in [2.24, 2.45) is 0 Å². The van der Waals surface area contributed by atoms with Gasteiger partial charge < -0.3 is 5.11 Å². The van der Waals surface area contributed by atoms with Gasteiger partial charge in [-0.15, -0.1) is 0 Å². The molecule has 0 atom stereocenters. The molecule has 0 saturated carbocycles. The number of nitrogens with zero attached hydrogens (tertiary/aromatic N) is 2. The van der Waals surface area contributed by atoms with E-state index in [0.29, 0.717) is 0 Å². The highest BCUT2D eigenvalue weighted by Crippen LogP contribution is 2.31. The van der Waals surface area contributed by atoms with Gasteiger partial charge in [0.25, 0.3) is 0 Å². The molecule has 4 heteroatoms. The highest BCUT2D eigenvalue weighted by molar-refractivity contribution is 5.72. The fraction of sp³-hybridized carbons (Fsp3) is 0.231. The molecule has 1 aromatic carbocycles. The molecule has 1 aromatic heterocycles. The van der Waals surface area contributed by atoms with Crippen LogP contribution >= 0.6 is 0 Å². The van der Waals surface area contributed by atoms with Crippen molar-refractivity contribution >= 4 is 0 Å². The lowest BCUT2D eigenvalue weighted by Gasteiger charge is -2.11. The molecule has 1 N–H and O–H groups in total. The minimum absolute atomic E-state index is 0.335. The first kappa shape index (κ1) is 11.5. The van der Waals surface area contributed by atoms with Crippen LogP contribution in [-0.4, -0.2) is 15.1 Å². The van der Waals surface area contributed by atoms with E-state index in [2.05, 4.69) is 9.97 Å². The molecule has 1 heterocycles. The van der Waals surface area contributed by atoms with Crippen LogP contribution in [0.2, 0.25) is 0 Å². The first-order chi connectivity index (χ1) is 8.00. The molecule has 0 spiro atoms. The smallest absolute Gasteiger partial charge is 0.165 e. The third kappa shape index (κ3) is 1.98. The maximum absolute atomic E-state index is 13.4. The SMILES string of the molecule is Cc1cc(O)c(F)cc1-c1c(C)ncnc1C. The Labute approximate surface area is 99.0 Å². The predicted molar refractivity (Wildman–Crippen MR) is 63.3 cm³/mol. The van der Waals surface area contributed by atoms with Crippen LogP contribution in [0.15, 0.2) is 18.5 Å². The van der Waals surface area contributed by atoms with Gasteiger partial charge in [-0.05, 0) is 44.0 Å². The number of halogens is 1. The summed E-state index contributed by atoms with van der Waals surface area (Å²) in [5.41, 5.74) is 3.93. The first-order valence-electron chi connectivity index (χ1n) is 5.28. The van der Waals surface area contributed by atoms with Crippen molar-refractivity contribution in [1.29, 1.82) is 0 Å². The van der Waals surface area contributed by atoms with Crippen LogP contribution in [0, 0.1) is 26.6 Å². The van der Waals surface area contributed by atoms with Crippen molar-refractivity contribution in [3.8, 4) is 16.9 Å². The van der Waals surface area contributed by atoms with Crippen molar-refractivity contribution < 1.29 is 9.50 Å². The van der Waals surface area contributed by atoms with Gasteiger partial charge in [0.15, 0.2) is 11.6 Å². The van der Waals surface area contributed by atoms with E-state index in [-0.39, 0.29) is 5.75 Å². The molecule has 0 aliphatic rings. The third-order valence-electron chi connectivity index (χ3n) is 2.79. The van der Waals surface area contributed by atoms with Gasteiger partial charge in [0.2, 0.25) is 0 Å². The zero-order valence-electron chi connectivity index (χ0n) is 9.95. The van der Waals surface area contributed by atoms with E-state index < -0.39 is 5.82 Å². The van der Waals surface area contributed by atoms with E-state index >= 15 is 0 Å². The number of hydrogen-bond donors (Lipinski definition) is 1. The van der Waals surface area contributed by atoms with Crippen LogP contribution in [0.1, 0.15) is 17.0 Å². The van der Waals surface area contributed by atoms with Crippen LogP contribution in [0.25, 0.3) is 11.1 Å². The van der Waals surface area contributed by atoms with E-state index in [4.69, 9.17) is 0 Å². The first-order valence-corrected chi connectivity index (χ1v) is 5.28. The molecular formula is C13H13FN2O. The number of benzene rings is 1. The lowest BCUT2D eigenvalue weighted by atomic mass is 9.97.